The molecule has 1 saturated heterocycles. The molecule has 3 aromatic carbocycles. The minimum Gasteiger partial charge on any atom is -0.435 e. The molecule has 1 aliphatic heterocycles. The number of piperidine rings is 1. The van der Waals surface area contributed by atoms with E-state index in [0.717, 1.165) is 30.5 Å². The lowest BCUT2D eigenvalue weighted by Gasteiger charge is -2.31. The third-order valence-corrected chi connectivity index (χ3v) is 7.53. The number of fused-ring (bicyclic) bond motifs is 1. The molecule has 43 heavy (non-hydrogen) atoms. The van der Waals surface area contributed by atoms with Gasteiger partial charge in [0.05, 0.1) is 13.1 Å². The Morgan fingerprint density at radius 3 is 2.33 bits per heavy atom. The summed E-state index contributed by atoms with van der Waals surface area (Å²) in [5, 5.41) is 3.31. The average molecular weight is 586 g/mol. The first kappa shape index (κ1) is 28.4. The van der Waals surface area contributed by atoms with Crippen molar-refractivity contribution in [3.05, 3.63) is 112 Å². The fourth-order valence-electron chi connectivity index (χ4n) is 5.51. The number of hydrogen-bond acceptors (Lipinski definition) is 7. The zero-order chi connectivity index (χ0) is 29.8. The van der Waals surface area contributed by atoms with E-state index < -0.39 is 6.61 Å². The predicted molar refractivity (Wildman–Crippen MR) is 163 cm³/mol. The van der Waals surface area contributed by atoms with E-state index in [9.17, 15) is 13.6 Å². The van der Waals surface area contributed by atoms with Crippen molar-refractivity contribution in [3.8, 4) is 5.75 Å². The van der Waals surface area contributed by atoms with Crippen LogP contribution in [0.1, 0.15) is 29.5 Å². The van der Waals surface area contributed by atoms with Crippen LogP contribution in [0.15, 0.2) is 89.7 Å². The summed E-state index contributed by atoms with van der Waals surface area (Å²) in [7, 11) is 0. The highest BCUT2D eigenvalue weighted by atomic mass is 19.3. The number of aromatic nitrogens is 4. The first-order chi connectivity index (χ1) is 20.9. The van der Waals surface area contributed by atoms with Gasteiger partial charge in [0.25, 0.3) is 5.56 Å². The van der Waals surface area contributed by atoms with Crippen LogP contribution in [0.5, 0.6) is 5.75 Å². The van der Waals surface area contributed by atoms with Crippen molar-refractivity contribution in [2.45, 2.75) is 45.1 Å². The Morgan fingerprint density at radius 2 is 1.60 bits per heavy atom. The molecule has 0 saturated carbocycles. The SMILES string of the molecule is NC1CCCN(c2nc3nc(NCc4ccccc4)n(Cc4cccc(OC(F)F)c4)c(=O)c3n2Cc2ccccc2)C1. The summed E-state index contributed by atoms with van der Waals surface area (Å²) in [4.78, 5) is 26.3. The van der Waals surface area contributed by atoms with Crippen molar-refractivity contribution in [2.75, 3.05) is 23.3 Å². The molecule has 3 heterocycles. The summed E-state index contributed by atoms with van der Waals surface area (Å²) in [6.07, 6.45) is 1.86. The van der Waals surface area contributed by atoms with Gasteiger partial charge in [-0.2, -0.15) is 18.7 Å². The number of alkyl halides is 2. The van der Waals surface area contributed by atoms with Gasteiger partial charge < -0.3 is 20.7 Å². The number of halogens is 2. The van der Waals surface area contributed by atoms with Gasteiger partial charge in [0, 0.05) is 25.7 Å². The number of imidazole rings is 1. The molecule has 0 aliphatic carbocycles. The minimum atomic E-state index is -2.95. The maximum absolute atomic E-state index is 14.4. The molecule has 3 N–H and O–H groups in total. The van der Waals surface area contributed by atoms with Gasteiger partial charge in [-0.25, -0.2) is 0 Å². The van der Waals surface area contributed by atoms with Crippen molar-refractivity contribution in [3.63, 3.8) is 0 Å². The van der Waals surface area contributed by atoms with E-state index in [1.807, 2.05) is 65.2 Å². The van der Waals surface area contributed by atoms with E-state index in [-0.39, 0.29) is 23.9 Å². The molecule has 1 unspecified atom stereocenters. The lowest BCUT2D eigenvalue weighted by Crippen LogP contribution is -2.44. The van der Waals surface area contributed by atoms with Crippen molar-refractivity contribution in [2.24, 2.45) is 5.73 Å². The molecule has 0 amide bonds. The van der Waals surface area contributed by atoms with Gasteiger partial charge in [-0.15, -0.1) is 0 Å². The fraction of sp³-hybridized carbons (Fsp3) is 0.281. The summed E-state index contributed by atoms with van der Waals surface area (Å²) in [6, 6.07) is 26.0. The van der Waals surface area contributed by atoms with Crippen LogP contribution in [0, 0.1) is 0 Å². The molecule has 6 rings (SSSR count). The molecular weight excluding hydrogens is 552 g/mol. The van der Waals surface area contributed by atoms with Gasteiger partial charge in [0.2, 0.25) is 11.9 Å². The summed E-state index contributed by atoms with van der Waals surface area (Å²) in [5.74, 6) is 0.997. The molecule has 0 radical (unpaired) electrons. The van der Waals surface area contributed by atoms with Crippen LogP contribution < -0.4 is 26.2 Å². The second kappa shape index (κ2) is 12.6. The Hall–Kier alpha value is -4.77. The van der Waals surface area contributed by atoms with Crippen LogP contribution in [-0.4, -0.2) is 44.8 Å². The Bertz CT molecular complexity index is 1740. The fourth-order valence-corrected chi connectivity index (χ4v) is 5.51. The largest absolute Gasteiger partial charge is 0.435 e. The summed E-state index contributed by atoms with van der Waals surface area (Å²) in [5.41, 5.74) is 9.36. The number of nitrogens with zero attached hydrogens (tertiary/aromatic N) is 5. The van der Waals surface area contributed by atoms with E-state index in [1.165, 1.54) is 16.7 Å². The molecule has 0 spiro atoms. The first-order valence-corrected chi connectivity index (χ1v) is 14.3. The zero-order valence-electron chi connectivity index (χ0n) is 23.6. The normalized spacial score (nSPS) is 15.3. The lowest BCUT2D eigenvalue weighted by atomic mass is 10.1. The molecule has 1 aliphatic rings. The highest BCUT2D eigenvalue weighted by molar-refractivity contribution is 5.76. The van der Waals surface area contributed by atoms with Gasteiger partial charge in [-0.1, -0.05) is 72.8 Å². The van der Waals surface area contributed by atoms with Crippen molar-refractivity contribution in [1.82, 2.24) is 19.1 Å². The number of benzene rings is 3. The molecule has 0 bridgehead atoms. The van der Waals surface area contributed by atoms with Gasteiger partial charge in [-0.05, 0) is 41.7 Å². The maximum Gasteiger partial charge on any atom is 0.387 e. The molecule has 9 nitrogen and oxygen atoms in total. The van der Waals surface area contributed by atoms with Crippen molar-refractivity contribution in [1.29, 1.82) is 0 Å². The standard InChI is InChI=1S/C32H33F2N7O2/c33-30(34)43-26-15-7-13-24(17-26)20-41-29(42)27-28(37-31(41)36-18-22-9-3-1-4-10-22)38-32(39-16-8-14-25(35)21-39)40(27)19-23-11-5-2-6-12-23/h1-7,9-13,15,17,25,30H,8,14,16,18-21,35H2,(H,36,37). The maximum atomic E-state index is 14.4. The molecule has 1 atom stereocenters. The predicted octanol–water partition coefficient (Wildman–Crippen LogP) is 4.83. The van der Waals surface area contributed by atoms with Gasteiger partial charge in [-0.3, -0.25) is 13.9 Å². The van der Waals surface area contributed by atoms with E-state index in [2.05, 4.69) is 15.0 Å². The third kappa shape index (κ3) is 6.51. The van der Waals surface area contributed by atoms with Crippen LogP contribution in [-0.2, 0) is 19.6 Å². The number of nitrogens with one attached hydrogen (secondary N) is 1. The van der Waals surface area contributed by atoms with Crippen LogP contribution in [0.4, 0.5) is 20.7 Å². The summed E-state index contributed by atoms with van der Waals surface area (Å²) in [6.45, 7) is -0.624. The quantitative estimate of drug-likeness (QED) is 0.242. The summed E-state index contributed by atoms with van der Waals surface area (Å²) >= 11 is 0. The zero-order valence-corrected chi connectivity index (χ0v) is 23.6. The highest BCUT2D eigenvalue weighted by Gasteiger charge is 2.26. The molecule has 5 aromatic rings. The first-order valence-electron chi connectivity index (χ1n) is 14.3. The van der Waals surface area contributed by atoms with Gasteiger partial charge >= 0.3 is 6.61 Å². The van der Waals surface area contributed by atoms with Gasteiger partial charge in [0.15, 0.2) is 11.2 Å². The smallest absolute Gasteiger partial charge is 0.387 e. The van der Waals surface area contributed by atoms with Gasteiger partial charge in [0.1, 0.15) is 5.75 Å². The number of anilines is 2. The molecule has 222 valence electrons. The minimum absolute atomic E-state index is 0.00851. The van der Waals surface area contributed by atoms with Crippen LogP contribution in [0.2, 0.25) is 0 Å². The number of ether oxygens (including phenoxy) is 1. The average Bonchev–Trinajstić information content (AvgIpc) is 3.36. The number of hydrogen-bond donors (Lipinski definition) is 2. The topological polar surface area (TPSA) is 103 Å². The Balaban J connectivity index is 1.48. The Kier molecular flexibility index (Phi) is 8.32. The van der Waals surface area contributed by atoms with E-state index in [4.69, 9.17) is 15.7 Å². The highest BCUT2D eigenvalue weighted by Crippen LogP contribution is 2.26. The number of rotatable bonds is 10. The van der Waals surface area contributed by atoms with Crippen molar-refractivity contribution >= 4 is 23.1 Å². The Morgan fingerprint density at radius 1 is 0.907 bits per heavy atom. The van der Waals surface area contributed by atoms with E-state index in [1.54, 1.807) is 12.1 Å². The molecule has 11 heteroatoms. The van der Waals surface area contributed by atoms with Crippen LogP contribution in [0.25, 0.3) is 11.2 Å². The van der Waals surface area contributed by atoms with Crippen LogP contribution >= 0.6 is 0 Å². The monoisotopic (exact) mass is 585 g/mol. The van der Waals surface area contributed by atoms with E-state index in [0.29, 0.717) is 48.3 Å². The summed E-state index contributed by atoms with van der Waals surface area (Å²) < 4.78 is 33.9. The molecular formula is C32H33F2N7O2. The lowest BCUT2D eigenvalue weighted by molar-refractivity contribution is -0.0498. The van der Waals surface area contributed by atoms with Crippen LogP contribution in [0.3, 0.4) is 0 Å². The molecule has 2 aromatic heterocycles. The number of nitrogens with two attached hydrogens (primary N) is 1. The third-order valence-electron chi connectivity index (χ3n) is 7.53. The Labute approximate surface area is 247 Å². The molecule has 1 fully saturated rings. The van der Waals surface area contributed by atoms with Crippen molar-refractivity contribution < 1.29 is 13.5 Å². The second-order valence-electron chi connectivity index (χ2n) is 10.7. The van der Waals surface area contributed by atoms with E-state index >= 15 is 0 Å². The second-order valence-corrected chi connectivity index (χ2v) is 10.7.